The average molecular weight is 472 g/mol. The van der Waals surface area contributed by atoms with Gasteiger partial charge in [-0.2, -0.15) is 17.5 Å². The minimum Gasteiger partial charge on any atom is -0.497 e. The van der Waals surface area contributed by atoms with Crippen LogP contribution in [0.25, 0.3) is 0 Å². The van der Waals surface area contributed by atoms with Gasteiger partial charge in [-0.1, -0.05) is 6.07 Å². The highest BCUT2D eigenvalue weighted by molar-refractivity contribution is 7.89. The molecule has 1 amide bonds. The summed E-state index contributed by atoms with van der Waals surface area (Å²) in [4.78, 5) is 11.8. The molecule has 1 N–H and O–H groups in total. The maximum atomic E-state index is 13.3. The molecule has 0 radical (unpaired) electrons. The van der Waals surface area contributed by atoms with E-state index in [1.807, 2.05) is 0 Å². The fourth-order valence-electron chi connectivity index (χ4n) is 3.63. The lowest BCUT2D eigenvalue weighted by Gasteiger charge is -2.26. The van der Waals surface area contributed by atoms with E-state index < -0.39 is 34.7 Å². The Morgan fingerprint density at radius 2 is 1.81 bits per heavy atom. The second-order valence-electron chi connectivity index (χ2n) is 7.20. The van der Waals surface area contributed by atoms with E-state index >= 15 is 0 Å². The molecule has 32 heavy (non-hydrogen) atoms. The predicted molar refractivity (Wildman–Crippen MR) is 110 cm³/mol. The summed E-state index contributed by atoms with van der Waals surface area (Å²) in [7, 11) is -0.904. The summed E-state index contributed by atoms with van der Waals surface area (Å²) >= 11 is 0. The highest BCUT2D eigenvalue weighted by Crippen LogP contribution is 2.41. The smallest absolute Gasteiger partial charge is 0.405 e. The van der Waals surface area contributed by atoms with Crippen molar-refractivity contribution in [3.05, 3.63) is 53.6 Å². The van der Waals surface area contributed by atoms with Gasteiger partial charge in [-0.25, -0.2) is 8.42 Å². The molecular formula is C21H23F3N2O5S. The van der Waals surface area contributed by atoms with Crippen molar-refractivity contribution in [2.45, 2.75) is 30.0 Å². The van der Waals surface area contributed by atoms with Crippen LogP contribution in [0.5, 0.6) is 11.5 Å². The Morgan fingerprint density at radius 1 is 1.12 bits per heavy atom. The normalized spacial score (nSPS) is 17.2. The summed E-state index contributed by atoms with van der Waals surface area (Å²) in [5.74, 6) is 0.152. The molecule has 7 nitrogen and oxygen atoms in total. The van der Waals surface area contributed by atoms with Crippen LogP contribution in [-0.2, 0) is 10.0 Å². The molecule has 0 spiro atoms. The number of benzene rings is 2. The minimum absolute atomic E-state index is 0.0516. The number of methoxy groups -OCH3 is 2. The molecule has 1 aliphatic heterocycles. The van der Waals surface area contributed by atoms with Gasteiger partial charge in [0.2, 0.25) is 10.0 Å². The Labute approximate surface area is 184 Å². The van der Waals surface area contributed by atoms with Gasteiger partial charge >= 0.3 is 6.18 Å². The van der Waals surface area contributed by atoms with E-state index in [9.17, 15) is 26.4 Å². The molecule has 11 heteroatoms. The van der Waals surface area contributed by atoms with Gasteiger partial charge < -0.3 is 14.8 Å². The third-order valence-electron chi connectivity index (χ3n) is 5.18. The number of halogens is 3. The van der Waals surface area contributed by atoms with E-state index in [0.717, 1.165) is 0 Å². The van der Waals surface area contributed by atoms with Crippen molar-refractivity contribution in [3.63, 3.8) is 0 Å². The Bertz CT molecular complexity index is 1070. The van der Waals surface area contributed by atoms with Crippen molar-refractivity contribution < 1.29 is 35.9 Å². The number of carbonyl (C=O) groups is 1. The average Bonchev–Trinajstić information content (AvgIpc) is 3.27. The second-order valence-corrected chi connectivity index (χ2v) is 9.09. The first-order valence-electron chi connectivity index (χ1n) is 9.75. The molecule has 1 heterocycles. The lowest BCUT2D eigenvalue weighted by atomic mass is 10.0. The maximum Gasteiger partial charge on any atom is 0.405 e. The van der Waals surface area contributed by atoms with Gasteiger partial charge in [0.25, 0.3) is 5.91 Å². The van der Waals surface area contributed by atoms with Crippen LogP contribution in [0.2, 0.25) is 0 Å². The van der Waals surface area contributed by atoms with Crippen LogP contribution in [0.15, 0.2) is 47.4 Å². The number of hydrogen-bond donors (Lipinski definition) is 1. The van der Waals surface area contributed by atoms with Crippen LogP contribution in [0.4, 0.5) is 13.2 Å². The Kier molecular flexibility index (Phi) is 6.99. The molecule has 1 fully saturated rings. The SMILES string of the molecule is COc1ccc(C2CCCN2S(=O)(=O)c2ccc(C(=O)NCC(F)(F)F)cc2)c(OC)c1. The standard InChI is InChI=1S/C21H23F3N2O5S/c1-30-15-7-10-17(19(12-15)31-2)18-4-3-11-26(18)32(28,29)16-8-5-14(6-9-16)20(27)25-13-21(22,23)24/h5-10,12,18H,3-4,11,13H2,1-2H3,(H,25,27). The van der Waals surface area contributed by atoms with Crippen LogP contribution in [-0.4, -0.2) is 52.1 Å². The molecule has 174 valence electrons. The highest BCUT2D eigenvalue weighted by atomic mass is 32.2. The first-order chi connectivity index (χ1) is 15.1. The number of amides is 1. The number of carbonyl (C=O) groups excluding carboxylic acids is 1. The number of alkyl halides is 3. The number of nitrogens with one attached hydrogen (secondary N) is 1. The van der Waals surface area contributed by atoms with Crippen molar-refractivity contribution in [3.8, 4) is 11.5 Å². The Balaban J connectivity index is 1.83. The fraction of sp³-hybridized carbons (Fsp3) is 0.381. The van der Waals surface area contributed by atoms with Crippen molar-refractivity contribution in [1.29, 1.82) is 0 Å². The molecule has 1 aliphatic rings. The van der Waals surface area contributed by atoms with Crippen LogP contribution in [0.3, 0.4) is 0 Å². The molecule has 0 bridgehead atoms. The molecule has 0 saturated carbocycles. The van der Waals surface area contributed by atoms with Crippen LogP contribution in [0.1, 0.15) is 34.8 Å². The lowest BCUT2D eigenvalue weighted by molar-refractivity contribution is -0.123. The van der Waals surface area contributed by atoms with Crippen molar-refractivity contribution >= 4 is 15.9 Å². The highest BCUT2D eigenvalue weighted by Gasteiger charge is 2.37. The maximum absolute atomic E-state index is 13.3. The molecule has 3 rings (SSSR count). The molecule has 2 aromatic rings. The monoisotopic (exact) mass is 472 g/mol. The number of rotatable bonds is 7. The van der Waals surface area contributed by atoms with Crippen LogP contribution < -0.4 is 14.8 Å². The summed E-state index contributed by atoms with van der Waals surface area (Å²) in [5.41, 5.74) is 0.639. The topological polar surface area (TPSA) is 84.9 Å². The lowest BCUT2D eigenvalue weighted by Crippen LogP contribution is -2.33. The van der Waals surface area contributed by atoms with Gasteiger partial charge in [0.15, 0.2) is 0 Å². The molecular weight excluding hydrogens is 449 g/mol. The summed E-state index contributed by atoms with van der Waals surface area (Å²) in [6.07, 6.45) is -3.29. The molecule has 1 atom stereocenters. The molecule has 2 aromatic carbocycles. The minimum atomic E-state index is -4.54. The zero-order chi connectivity index (χ0) is 23.5. The van der Waals surface area contributed by atoms with Gasteiger partial charge in [0.05, 0.1) is 25.2 Å². The molecule has 0 aliphatic carbocycles. The zero-order valence-electron chi connectivity index (χ0n) is 17.5. The molecule has 0 aromatic heterocycles. The van der Waals surface area contributed by atoms with E-state index in [1.165, 1.54) is 42.8 Å². The quantitative estimate of drug-likeness (QED) is 0.667. The first-order valence-corrected chi connectivity index (χ1v) is 11.2. The van der Waals surface area contributed by atoms with E-state index in [0.29, 0.717) is 36.4 Å². The van der Waals surface area contributed by atoms with Gasteiger partial charge in [-0.15, -0.1) is 0 Å². The van der Waals surface area contributed by atoms with Gasteiger partial charge in [0, 0.05) is 23.7 Å². The zero-order valence-corrected chi connectivity index (χ0v) is 18.3. The summed E-state index contributed by atoms with van der Waals surface area (Å²) in [5, 5.41) is 1.75. The number of hydrogen-bond acceptors (Lipinski definition) is 5. The van der Waals surface area contributed by atoms with E-state index in [2.05, 4.69) is 0 Å². The number of ether oxygens (including phenoxy) is 2. The van der Waals surface area contributed by atoms with E-state index in [-0.39, 0.29) is 10.5 Å². The van der Waals surface area contributed by atoms with Gasteiger partial charge in [-0.3, -0.25) is 4.79 Å². The summed E-state index contributed by atoms with van der Waals surface area (Å²) in [6.45, 7) is -1.17. The number of nitrogens with zero attached hydrogens (tertiary/aromatic N) is 1. The fourth-order valence-corrected chi connectivity index (χ4v) is 5.30. The van der Waals surface area contributed by atoms with E-state index in [1.54, 1.807) is 23.5 Å². The third kappa shape index (κ3) is 5.16. The second kappa shape index (κ2) is 9.37. The first kappa shape index (κ1) is 23.9. The summed E-state index contributed by atoms with van der Waals surface area (Å²) in [6, 6.07) is 9.56. The molecule has 1 unspecified atom stereocenters. The Hall–Kier alpha value is -2.79. The van der Waals surface area contributed by atoms with Gasteiger partial charge in [0.1, 0.15) is 18.0 Å². The number of sulfonamides is 1. The largest absolute Gasteiger partial charge is 0.497 e. The predicted octanol–water partition coefficient (Wildman–Crippen LogP) is 3.52. The van der Waals surface area contributed by atoms with Crippen LogP contribution in [0, 0.1) is 0 Å². The van der Waals surface area contributed by atoms with Crippen molar-refractivity contribution in [1.82, 2.24) is 9.62 Å². The summed E-state index contributed by atoms with van der Waals surface area (Å²) < 4.78 is 75.4. The van der Waals surface area contributed by atoms with Crippen molar-refractivity contribution in [2.75, 3.05) is 27.3 Å². The van der Waals surface area contributed by atoms with Crippen molar-refractivity contribution in [2.24, 2.45) is 0 Å². The molecule has 1 saturated heterocycles. The van der Waals surface area contributed by atoms with E-state index in [4.69, 9.17) is 9.47 Å². The Morgan fingerprint density at radius 3 is 2.41 bits per heavy atom. The third-order valence-corrected chi connectivity index (χ3v) is 7.10. The van der Waals surface area contributed by atoms with Gasteiger partial charge in [-0.05, 0) is 43.2 Å². The van der Waals surface area contributed by atoms with Crippen LogP contribution >= 0.6 is 0 Å².